The van der Waals surface area contributed by atoms with Gasteiger partial charge in [-0.05, 0) is 63.0 Å². The third-order valence-electron chi connectivity index (χ3n) is 8.60. The molecule has 0 unspecified atom stereocenters. The van der Waals surface area contributed by atoms with Crippen molar-refractivity contribution in [3.8, 4) is 45.4 Å². The monoisotopic (exact) mass is 634 g/mol. The lowest BCUT2D eigenvalue weighted by atomic mass is 9.97. The van der Waals surface area contributed by atoms with Gasteiger partial charge in [-0.3, -0.25) is 0 Å². The van der Waals surface area contributed by atoms with E-state index in [0.717, 1.165) is 49.9 Å². The number of nitrogens with one attached hydrogen (secondary N) is 2. The van der Waals surface area contributed by atoms with E-state index in [1.807, 2.05) is 60.7 Å². The number of aliphatic hydroxyl groups is 2. The van der Waals surface area contributed by atoms with E-state index < -0.39 is 12.2 Å². The number of hydrogen-bond donors (Lipinski definition) is 4. The molecule has 0 saturated carbocycles. The summed E-state index contributed by atoms with van der Waals surface area (Å²) in [6.07, 6.45) is 2.40. The number of hydrogen-bond acceptors (Lipinski definition) is 8. The number of nitrogens with zero attached hydrogens (tertiary/aromatic N) is 2. The van der Waals surface area contributed by atoms with E-state index in [-0.39, 0.29) is 12.1 Å². The molecule has 8 nitrogen and oxygen atoms in total. The van der Waals surface area contributed by atoms with Crippen molar-refractivity contribution in [1.82, 2.24) is 20.6 Å². The van der Waals surface area contributed by atoms with E-state index in [1.54, 1.807) is 14.2 Å². The number of pyridine rings is 2. The normalized spacial score (nSPS) is 19.6. The van der Waals surface area contributed by atoms with Gasteiger partial charge in [0.05, 0.1) is 47.9 Å². The van der Waals surface area contributed by atoms with Crippen LogP contribution in [0, 0.1) is 0 Å². The number of aliphatic hydroxyl groups excluding tert-OH is 2. The van der Waals surface area contributed by atoms with E-state index >= 15 is 0 Å². The number of ether oxygens (including phenoxy) is 2. The predicted molar refractivity (Wildman–Crippen MR) is 173 cm³/mol. The highest BCUT2D eigenvalue weighted by Crippen LogP contribution is 2.43. The Labute approximate surface area is 267 Å². The second-order valence-corrected chi connectivity index (χ2v) is 12.0. The smallest absolute Gasteiger partial charge is 0.219 e. The highest BCUT2D eigenvalue weighted by Gasteiger charge is 2.29. The van der Waals surface area contributed by atoms with Crippen LogP contribution in [0.5, 0.6) is 11.8 Å². The van der Waals surface area contributed by atoms with Gasteiger partial charge in [0.15, 0.2) is 0 Å². The van der Waals surface area contributed by atoms with E-state index in [4.69, 9.17) is 42.6 Å². The first-order valence-electron chi connectivity index (χ1n) is 14.9. The Bertz CT molecular complexity index is 1520. The summed E-state index contributed by atoms with van der Waals surface area (Å²) in [5, 5.41) is 29.6. The molecule has 0 radical (unpaired) electrons. The molecule has 230 valence electrons. The molecular weight excluding hydrogens is 599 g/mol. The van der Waals surface area contributed by atoms with Gasteiger partial charge in [0.2, 0.25) is 11.8 Å². The van der Waals surface area contributed by atoms with Crippen LogP contribution in [0.15, 0.2) is 60.7 Å². The molecule has 2 aromatic carbocycles. The molecule has 10 heteroatoms. The highest BCUT2D eigenvalue weighted by molar-refractivity contribution is 6.39. The lowest BCUT2D eigenvalue weighted by Crippen LogP contribution is -2.29. The van der Waals surface area contributed by atoms with Gasteiger partial charge in [0.1, 0.15) is 0 Å². The van der Waals surface area contributed by atoms with Gasteiger partial charge in [0, 0.05) is 45.5 Å². The summed E-state index contributed by atoms with van der Waals surface area (Å²) in [5.41, 5.74) is 5.41. The third kappa shape index (κ3) is 5.90. The van der Waals surface area contributed by atoms with Gasteiger partial charge in [-0.15, -0.1) is 0 Å². The van der Waals surface area contributed by atoms with Crippen molar-refractivity contribution in [2.24, 2.45) is 0 Å². The first-order chi connectivity index (χ1) is 21.4. The average molecular weight is 636 g/mol. The molecule has 4 heterocycles. The average Bonchev–Trinajstić information content (AvgIpc) is 3.80. The molecule has 2 aliphatic heterocycles. The van der Waals surface area contributed by atoms with Gasteiger partial charge < -0.3 is 30.3 Å². The Morgan fingerprint density at radius 3 is 1.43 bits per heavy atom. The molecule has 6 rings (SSSR count). The van der Waals surface area contributed by atoms with Crippen molar-refractivity contribution >= 4 is 23.2 Å². The summed E-state index contributed by atoms with van der Waals surface area (Å²) < 4.78 is 11.2. The summed E-state index contributed by atoms with van der Waals surface area (Å²) in [6, 6.07) is 18.8. The van der Waals surface area contributed by atoms with Crippen LogP contribution < -0.4 is 20.1 Å². The largest absolute Gasteiger partial charge is 0.481 e. The molecule has 4 aromatic rings. The predicted octanol–water partition coefficient (Wildman–Crippen LogP) is 6.37. The van der Waals surface area contributed by atoms with Crippen molar-refractivity contribution < 1.29 is 19.7 Å². The zero-order valence-corrected chi connectivity index (χ0v) is 26.2. The molecule has 2 fully saturated rings. The molecule has 0 amide bonds. The fourth-order valence-corrected chi connectivity index (χ4v) is 6.90. The van der Waals surface area contributed by atoms with Crippen LogP contribution in [0.4, 0.5) is 0 Å². The molecule has 44 heavy (non-hydrogen) atoms. The van der Waals surface area contributed by atoms with E-state index in [0.29, 0.717) is 55.4 Å². The Balaban J connectivity index is 1.33. The van der Waals surface area contributed by atoms with Crippen molar-refractivity contribution in [3.05, 3.63) is 81.8 Å². The van der Waals surface area contributed by atoms with Crippen LogP contribution in [0.2, 0.25) is 10.0 Å². The zero-order valence-electron chi connectivity index (χ0n) is 24.7. The lowest BCUT2D eigenvalue weighted by molar-refractivity contribution is 0.133. The van der Waals surface area contributed by atoms with Crippen molar-refractivity contribution in [3.63, 3.8) is 0 Å². The molecule has 2 aromatic heterocycles. The third-order valence-corrected chi connectivity index (χ3v) is 9.42. The van der Waals surface area contributed by atoms with Gasteiger partial charge in [-0.25, -0.2) is 9.97 Å². The molecule has 4 N–H and O–H groups in total. The zero-order chi connectivity index (χ0) is 30.8. The highest BCUT2D eigenvalue weighted by atomic mass is 35.5. The Hall–Kier alpha value is -3.24. The number of methoxy groups -OCH3 is 2. The molecule has 0 spiro atoms. The van der Waals surface area contributed by atoms with E-state index in [2.05, 4.69) is 10.6 Å². The first-order valence-corrected chi connectivity index (χ1v) is 15.7. The second-order valence-electron chi connectivity index (χ2n) is 11.2. The fraction of sp³-hybridized carbons (Fsp3) is 0.353. The lowest BCUT2D eigenvalue weighted by Gasteiger charge is -2.21. The molecule has 0 bridgehead atoms. The van der Waals surface area contributed by atoms with Crippen LogP contribution in [-0.2, 0) is 0 Å². The Kier molecular flexibility index (Phi) is 9.37. The van der Waals surface area contributed by atoms with Crippen LogP contribution in [-0.4, -0.2) is 59.6 Å². The quantitative estimate of drug-likeness (QED) is 0.168. The number of halogens is 2. The van der Waals surface area contributed by atoms with Crippen molar-refractivity contribution in [2.45, 2.75) is 50.0 Å². The summed E-state index contributed by atoms with van der Waals surface area (Å²) in [5.74, 6) is 0.727. The van der Waals surface area contributed by atoms with Crippen LogP contribution in [0.25, 0.3) is 33.6 Å². The number of aromatic nitrogens is 2. The van der Waals surface area contributed by atoms with Crippen molar-refractivity contribution in [1.29, 1.82) is 0 Å². The van der Waals surface area contributed by atoms with Gasteiger partial charge in [-0.2, -0.15) is 0 Å². The van der Waals surface area contributed by atoms with Crippen LogP contribution in [0.3, 0.4) is 0 Å². The Morgan fingerprint density at radius 1 is 0.659 bits per heavy atom. The van der Waals surface area contributed by atoms with Gasteiger partial charge in [0.25, 0.3) is 0 Å². The number of rotatable bonds is 9. The summed E-state index contributed by atoms with van der Waals surface area (Å²) in [7, 11) is 3.10. The van der Waals surface area contributed by atoms with E-state index in [1.165, 1.54) is 0 Å². The molecular formula is C34H36Cl2N4O4. The summed E-state index contributed by atoms with van der Waals surface area (Å²) in [6.45, 7) is 1.77. The maximum Gasteiger partial charge on any atom is 0.219 e. The van der Waals surface area contributed by atoms with Gasteiger partial charge >= 0.3 is 0 Å². The maximum atomic E-state index is 11.0. The number of benzene rings is 2. The molecule has 0 aliphatic carbocycles. The standard InChI is InChI=1S/C34H36Cl2N4O4/c1-43-33-23(31(41)27-11-5-17-37-27)13-15-25(39-33)21-9-3-7-19(29(21)35)20-8-4-10-22(30(20)36)26-16-14-24(34(40-26)44-2)32(42)28-12-6-18-38-28/h3-4,7-10,13-16,27-28,31-32,37-38,41-42H,5-6,11-12,17-18H2,1-2H3/t27-,28-,31-,32-/m0/s1. The first kappa shape index (κ1) is 30.8. The Morgan fingerprint density at radius 2 is 1.07 bits per heavy atom. The minimum Gasteiger partial charge on any atom is -0.481 e. The van der Waals surface area contributed by atoms with Crippen LogP contribution >= 0.6 is 23.2 Å². The minimum absolute atomic E-state index is 0.0297. The minimum atomic E-state index is -0.721. The summed E-state index contributed by atoms with van der Waals surface area (Å²) in [4.78, 5) is 9.46. The second kappa shape index (κ2) is 13.4. The molecule has 2 saturated heterocycles. The fourth-order valence-electron chi connectivity index (χ4n) is 6.25. The summed E-state index contributed by atoms with van der Waals surface area (Å²) >= 11 is 14.1. The van der Waals surface area contributed by atoms with Gasteiger partial charge in [-0.1, -0.05) is 59.6 Å². The maximum absolute atomic E-state index is 11.0. The molecule has 4 atom stereocenters. The van der Waals surface area contributed by atoms with Crippen molar-refractivity contribution in [2.75, 3.05) is 27.3 Å². The van der Waals surface area contributed by atoms with Crippen LogP contribution in [0.1, 0.15) is 49.0 Å². The van der Waals surface area contributed by atoms with E-state index in [9.17, 15) is 10.2 Å². The molecule has 2 aliphatic rings. The SMILES string of the molecule is COc1nc(-c2cccc(-c3cccc(-c4ccc([C@H](O)[C@@H]5CCCN5)c(OC)n4)c3Cl)c2Cl)ccc1[C@H](O)[C@@H]1CCCN1. The topological polar surface area (TPSA) is 109 Å².